The minimum atomic E-state index is -0.826. The van der Waals surface area contributed by atoms with E-state index in [-0.39, 0.29) is 27.3 Å². The maximum Gasteiger partial charge on any atom is 0.173 e. The van der Waals surface area contributed by atoms with Crippen molar-refractivity contribution in [3.8, 4) is 0 Å². The van der Waals surface area contributed by atoms with E-state index in [1.807, 2.05) is 0 Å². The summed E-state index contributed by atoms with van der Waals surface area (Å²) >= 11 is 9.87. The second-order valence-electron chi connectivity index (χ2n) is 7.40. The monoisotopic (exact) mass is 438 g/mol. The summed E-state index contributed by atoms with van der Waals surface area (Å²) in [7, 11) is 0. The molecule has 2 aromatic rings. The van der Waals surface area contributed by atoms with Crippen molar-refractivity contribution in [2.75, 3.05) is 0 Å². The molecule has 0 bridgehead atoms. The van der Waals surface area contributed by atoms with Crippen LogP contribution in [0.5, 0.6) is 0 Å². The Morgan fingerprint density at radius 2 is 0.967 bits per heavy atom. The van der Waals surface area contributed by atoms with Crippen LogP contribution in [0.1, 0.15) is 57.5 Å². The quantitative estimate of drug-likeness (QED) is 0.308. The molecule has 1 fully saturated rings. The molecule has 7 heteroatoms. The summed E-state index contributed by atoms with van der Waals surface area (Å²) in [4.78, 5) is 39.8. The summed E-state index contributed by atoms with van der Waals surface area (Å²) in [6.45, 7) is 0. The number of Topliss-reactive ketones (excluding diaryl/α,β-unsaturated/α-hetero) is 3. The van der Waals surface area contributed by atoms with Crippen molar-refractivity contribution in [3.05, 3.63) is 70.8 Å². The fraction of sp³-hybridized carbons (Fsp3) is 0.261. The van der Waals surface area contributed by atoms with E-state index in [4.69, 9.17) is 35.9 Å². The molecule has 0 amide bonds. The molecule has 154 valence electrons. The van der Waals surface area contributed by atoms with Gasteiger partial charge in [-0.3, -0.25) is 14.4 Å². The number of carbonyl (C=O) groups excluding carboxylic acids is 3. The highest BCUT2D eigenvalue weighted by molar-refractivity contribution is 7.80. The Kier molecular flexibility index (Phi) is 6.84. The van der Waals surface area contributed by atoms with Crippen LogP contribution in [-0.4, -0.2) is 27.3 Å². The van der Waals surface area contributed by atoms with E-state index in [2.05, 4.69) is 0 Å². The van der Waals surface area contributed by atoms with Gasteiger partial charge in [0.15, 0.2) is 17.3 Å². The van der Waals surface area contributed by atoms with Crippen LogP contribution in [0.15, 0.2) is 48.5 Å². The molecule has 1 aliphatic carbocycles. The fourth-order valence-corrected chi connectivity index (χ4v) is 4.02. The highest BCUT2D eigenvalue weighted by atomic mass is 32.1. The second kappa shape index (κ2) is 9.36. The molecule has 0 heterocycles. The van der Waals surface area contributed by atoms with E-state index < -0.39 is 11.8 Å². The van der Waals surface area contributed by atoms with E-state index in [0.717, 1.165) is 12.8 Å². The molecule has 5 nitrogen and oxygen atoms in total. The Balaban J connectivity index is 1.82. The van der Waals surface area contributed by atoms with Crippen LogP contribution in [0.2, 0.25) is 0 Å². The first kappa shape index (κ1) is 21.9. The molecule has 0 spiro atoms. The maximum atomic E-state index is 13.2. The molecule has 2 unspecified atom stereocenters. The molecule has 2 aromatic carbocycles. The van der Waals surface area contributed by atoms with Crippen LogP contribution in [-0.2, 0) is 4.79 Å². The Hall–Kier alpha value is -2.77. The smallest absolute Gasteiger partial charge is 0.173 e. The third-order valence-electron chi connectivity index (χ3n) is 5.46. The van der Waals surface area contributed by atoms with Crippen molar-refractivity contribution >= 4 is 51.8 Å². The zero-order valence-corrected chi connectivity index (χ0v) is 17.9. The summed E-state index contributed by atoms with van der Waals surface area (Å²) in [6, 6.07) is 13.2. The molecule has 0 radical (unpaired) electrons. The lowest BCUT2D eigenvalue weighted by Crippen LogP contribution is -2.33. The van der Waals surface area contributed by atoms with Crippen LogP contribution in [0.4, 0.5) is 0 Å². The first-order valence-corrected chi connectivity index (χ1v) is 10.5. The Bertz CT molecular complexity index is 932. The van der Waals surface area contributed by atoms with Gasteiger partial charge in [-0.1, -0.05) is 85.8 Å². The van der Waals surface area contributed by atoms with Gasteiger partial charge < -0.3 is 11.5 Å². The van der Waals surface area contributed by atoms with E-state index in [0.29, 0.717) is 35.1 Å². The van der Waals surface area contributed by atoms with Crippen LogP contribution in [0.3, 0.4) is 0 Å². The van der Waals surface area contributed by atoms with Crippen LogP contribution < -0.4 is 11.5 Å². The molecular formula is C23H22N2O3S2. The van der Waals surface area contributed by atoms with Crippen molar-refractivity contribution in [2.24, 2.45) is 23.3 Å². The summed E-state index contributed by atoms with van der Waals surface area (Å²) in [5, 5.41) is 0. The molecule has 0 saturated heterocycles. The lowest BCUT2D eigenvalue weighted by atomic mass is 9.82. The first-order chi connectivity index (χ1) is 14.3. The zero-order valence-electron chi connectivity index (χ0n) is 16.3. The Morgan fingerprint density at radius 3 is 1.27 bits per heavy atom. The molecule has 1 saturated carbocycles. The lowest BCUT2D eigenvalue weighted by molar-refractivity contribution is -0.123. The third-order valence-corrected chi connectivity index (χ3v) is 5.93. The van der Waals surface area contributed by atoms with Crippen molar-refractivity contribution in [1.29, 1.82) is 0 Å². The molecular weight excluding hydrogens is 416 g/mol. The Labute approximate surface area is 185 Å². The molecule has 0 aromatic heterocycles. The topological polar surface area (TPSA) is 103 Å². The van der Waals surface area contributed by atoms with Gasteiger partial charge in [0.25, 0.3) is 0 Å². The molecule has 1 aliphatic rings. The van der Waals surface area contributed by atoms with E-state index in [9.17, 15) is 14.4 Å². The van der Waals surface area contributed by atoms with E-state index in [1.165, 1.54) is 0 Å². The number of ketones is 3. The largest absolute Gasteiger partial charge is 0.389 e. The molecule has 4 N–H and O–H groups in total. The van der Waals surface area contributed by atoms with Crippen molar-refractivity contribution in [2.45, 2.75) is 25.7 Å². The van der Waals surface area contributed by atoms with Gasteiger partial charge in [-0.05, 0) is 12.8 Å². The fourth-order valence-electron chi connectivity index (χ4n) is 3.74. The van der Waals surface area contributed by atoms with Gasteiger partial charge in [0.2, 0.25) is 0 Å². The SMILES string of the molecule is NC(=S)c1ccc(C(=O)C2CCCCC(C(=O)c3ccc(C(N)=S)cc3)C2=O)cc1. The average molecular weight is 439 g/mol. The molecule has 2 atom stereocenters. The number of rotatable bonds is 6. The van der Waals surface area contributed by atoms with Gasteiger partial charge in [0.05, 0.1) is 11.8 Å². The molecule has 30 heavy (non-hydrogen) atoms. The van der Waals surface area contributed by atoms with Crippen molar-refractivity contribution < 1.29 is 14.4 Å². The summed E-state index contributed by atoms with van der Waals surface area (Å²) < 4.78 is 0. The third kappa shape index (κ3) is 4.68. The lowest BCUT2D eigenvalue weighted by Gasteiger charge is -2.18. The first-order valence-electron chi connectivity index (χ1n) is 9.71. The second-order valence-corrected chi connectivity index (χ2v) is 8.28. The van der Waals surface area contributed by atoms with Gasteiger partial charge in [-0.25, -0.2) is 0 Å². The van der Waals surface area contributed by atoms with Crippen LogP contribution in [0.25, 0.3) is 0 Å². The maximum absolute atomic E-state index is 13.2. The minimum Gasteiger partial charge on any atom is -0.389 e. The molecule has 3 rings (SSSR count). The van der Waals surface area contributed by atoms with E-state index >= 15 is 0 Å². The number of hydrogen-bond acceptors (Lipinski definition) is 5. The summed E-state index contributed by atoms with van der Waals surface area (Å²) in [5.41, 5.74) is 13.3. The van der Waals surface area contributed by atoms with Gasteiger partial charge in [0, 0.05) is 22.3 Å². The summed E-state index contributed by atoms with van der Waals surface area (Å²) in [5.74, 6) is -2.49. The van der Waals surface area contributed by atoms with Crippen LogP contribution >= 0.6 is 24.4 Å². The standard InChI is InChI=1S/C23H22N2O3S2/c24-22(29)15-9-5-13(6-10-15)19(26)17-3-1-2-4-18(21(17)28)20(27)14-7-11-16(12-8-14)23(25)30/h5-12,17-18H,1-4H2,(H2,24,29)(H2,25,30). The Morgan fingerprint density at radius 1 is 0.667 bits per heavy atom. The van der Waals surface area contributed by atoms with Crippen LogP contribution in [0, 0.1) is 11.8 Å². The highest BCUT2D eigenvalue weighted by Crippen LogP contribution is 2.30. The zero-order chi connectivity index (χ0) is 21.8. The highest BCUT2D eigenvalue weighted by Gasteiger charge is 2.38. The van der Waals surface area contributed by atoms with Crippen molar-refractivity contribution in [1.82, 2.24) is 0 Å². The van der Waals surface area contributed by atoms with Gasteiger partial charge in [0.1, 0.15) is 9.98 Å². The average Bonchev–Trinajstić information content (AvgIpc) is 2.94. The number of nitrogens with two attached hydrogens (primary N) is 2. The number of carbonyl (C=O) groups is 3. The minimum absolute atomic E-state index is 0.242. The molecule has 0 aliphatic heterocycles. The van der Waals surface area contributed by atoms with Gasteiger partial charge in [-0.2, -0.15) is 0 Å². The summed E-state index contributed by atoms with van der Waals surface area (Å²) in [6.07, 6.45) is 2.33. The van der Waals surface area contributed by atoms with Gasteiger partial charge >= 0.3 is 0 Å². The van der Waals surface area contributed by atoms with E-state index in [1.54, 1.807) is 48.5 Å². The predicted molar refractivity (Wildman–Crippen MR) is 124 cm³/mol. The predicted octanol–water partition coefficient (Wildman–Crippen LogP) is 3.40. The normalized spacial score (nSPS) is 19.0. The number of hydrogen-bond donors (Lipinski definition) is 2. The van der Waals surface area contributed by atoms with Crippen molar-refractivity contribution in [3.63, 3.8) is 0 Å². The van der Waals surface area contributed by atoms with Gasteiger partial charge in [-0.15, -0.1) is 0 Å². The number of thiocarbonyl (C=S) groups is 2. The number of benzene rings is 2.